The molecule has 0 radical (unpaired) electrons. The minimum Gasteiger partial charge on any atom is -0.364 e. The zero-order valence-corrected chi connectivity index (χ0v) is 13.8. The lowest BCUT2D eigenvalue weighted by molar-refractivity contribution is -0.121. The molecule has 4 nitrogen and oxygen atoms in total. The minimum atomic E-state index is -0.286. The number of carbonyl (C=O) groups is 1. The van der Waals surface area contributed by atoms with Crippen LogP contribution in [0.5, 0.6) is 0 Å². The number of rotatable bonds is 6. The number of nitrogens with zero attached hydrogens (tertiary/aromatic N) is 1. The summed E-state index contributed by atoms with van der Waals surface area (Å²) in [6, 6.07) is 6.12. The smallest absolute Gasteiger partial charge is 0.220 e. The third kappa shape index (κ3) is 4.43. The van der Waals surface area contributed by atoms with Crippen molar-refractivity contribution in [2.24, 2.45) is 5.92 Å². The number of aromatic nitrogens is 1. The van der Waals surface area contributed by atoms with Gasteiger partial charge in [-0.15, -0.1) is 0 Å². The number of carbonyl (C=O) groups excluding carboxylic acids is 1. The predicted molar refractivity (Wildman–Crippen MR) is 89.8 cm³/mol. The van der Waals surface area contributed by atoms with E-state index in [1.165, 1.54) is 44.2 Å². The first-order valence-corrected chi connectivity index (χ1v) is 8.68. The molecule has 1 aliphatic rings. The molecule has 1 aromatic carbocycles. The second-order valence-corrected chi connectivity index (χ2v) is 6.50. The van der Waals surface area contributed by atoms with E-state index in [-0.39, 0.29) is 11.7 Å². The van der Waals surface area contributed by atoms with Gasteiger partial charge in [0.2, 0.25) is 5.91 Å². The van der Waals surface area contributed by atoms with Crippen LogP contribution >= 0.6 is 0 Å². The molecule has 1 N–H and O–H groups in total. The summed E-state index contributed by atoms with van der Waals surface area (Å²) in [6.45, 7) is 0.785. The summed E-state index contributed by atoms with van der Waals surface area (Å²) < 4.78 is 18.1. The SMILES string of the molecule is O=C(CCc1conc1-c1ccc(F)cc1)NCC1CCCCC1. The Bertz CT molecular complexity index is 660. The maximum atomic E-state index is 13.0. The molecule has 1 heterocycles. The number of nitrogens with one attached hydrogen (secondary N) is 1. The van der Waals surface area contributed by atoms with E-state index in [1.54, 1.807) is 18.4 Å². The van der Waals surface area contributed by atoms with Gasteiger partial charge in [-0.05, 0) is 49.4 Å². The molecule has 0 aliphatic heterocycles. The topological polar surface area (TPSA) is 55.1 Å². The fourth-order valence-corrected chi connectivity index (χ4v) is 3.27. The second kappa shape index (κ2) is 8.08. The van der Waals surface area contributed by atoms with Crippen molar-refractivity contribution in [3.05, 3.63) is 41.9 Å². The van der Waals surface area contributed by atoms with Crippen molar-refractivity contribution < 1.29 is 13.7 Å². The molecule has 1 fully saturated rings. The summed E-state index contributed by atoms with van der Waals surface area (Å²) in [5.74, 6) is 0.408. The van der Waals surface area contributed by atoms with Crippen molar-refractivity contribution in [2.75, 3.05) is 6.54 Å². The summed E-state index contributed by atoms with van der Waals surface area (Å²) in [7, 11) is 0. The second-order valence-electron chi connectivity index (χ2n) is 6.50. The van der Waals surface area contributed by atoms with E-state index < -0.39 is 0 Å². The molecule has 1 aliphatic carbocycles. The van der Waals surface area contributed by atoms with Gasteiger partial charge >= 0.3 is 0 Å². The van der Waals surface area contributed by atoms with Gasteiger partial charge in [0.1, 0.15) is 17.8 Å². The highest BCUT2D eigenvalue weighted by atomic mass is 19.1. The lowest BCUT2D eigenvalue weighted by Crippen LogP contribution is -2.30. The van der Waals surface area contributed by atoms with Crippen molar-refractivity contribution in [1.29, 1.82) is 0 Å². The Morgan fingerprint density at radius 2 is 1.96 bits per heavy atom. The molecule has 0 atom stereocenters. The van der Waals surface area contributed by atoms with Crippen molar-refractivity contribution in [1.82, 2.24) is 10.5 Å². The molecule has 2 aromatic rings. The van der Waals surface area contributed by atoms with E-state index in [0.29, 0.717) is 24.5 Å². The van der Waals surface area contributed by atoms with Gasteiger partial charge in [0.05, 0.1) is 0 Å². The van der Waals surface area contributed by atoms with Gasteiger partial charge < -0.3 is 9.84 Å². The van der Waals surface area contributed by atoms with Gasteiger partial charge in [-0.25, -0.2) is 4.39 Å². The Hall–Kier alpha value is -2.17. The molecule has 5 heteroatoms. The summed E-state index contributed by atoms with van der Waals surface area (Å²) in [4.78, 5) is 12.1. The van der Waals surface area contributed by atoms with Crippen LogP contribution in [0.3, 0.4) is 0 Å². The van der Waals surface area contributed by atoms with Crippen LogP contribution < -0.4 is 5.32 Å². The molecular formula is C19H23FN2O2. The fraction of sp³-hybridized carbons (Fsp3) is 0.474. The van der Waals surface area contributed by atoms with Crippen molar-refractivity contribution in [3.63, 3.8) is 0 Å². The normalized spacial score (nSPS) is 15.4. The van der Waals surface area contributed by atoms with E-state index in [2.05, 4.69) is 10.5 Å². The van der Waals surface area contributed by atoms with E-state index in [0.717, 1.165) is 17.7 Å². The van der Waals surface area contributed by atoms with Crippen LogP contribution in [-0.4, -0.2) is 17.6 Å². The first-order chi connectivity index (χ1) is 11.7. The maximum Gasteiger partial charge on any atom is 0.220 e. The average Bonchev–Trinajstić information content (AvgIpc) is 3.08. The van der Waals surface area contributed by atoms with E-state index in [9.17, 15) is 9.18 Å². The molecule has 1 saturated carbocycles. The number of amides is 1. The summed E-state index contributed by atoms with van der Waals surface area (Å²) in [5.41, 5.74) is 2.34. The fourth-order valence-electron chi connectivity index (χ4n) is 3.27. The first-order valence-electron chi connectivity index (χ1n) is 8.68. The average molecular weight is 330 g/mol. The molecule has 128 valence electrons. The Labute approximate surface area is 141 Å². The van der Waals surface area contributed by atoms with E-state index in [4.69, 9.17) is 4.52 Å². The Balaban J connectivity index is 1.50. The third-order valence-electron chi connectivity index (χ3n) is 4.69. The largest absolute Gasteiger partial charge is 0.364 e. The third-order valence-corrected chi connectivity index (χ3v) is 4.69. The molecule has 0 unspecified atom stereocenters. The summed E-state index contributed by atoms with van der Waals surface area (Å²) in [5, 5.41) is 7.03. The number of hydrogen-bond donors (Lipinski definition) is 1. The zero-order chi connectivity index (χ0) is 16.8. The van der Waals surface area contributed by atoms with Crippen LogP contribution in [-0.2, 0) is 11.2 Å². The van der Waals surface area contributed by atoms with Crippen molar-refractivity contribution in [2.45, 2.75) is 44.9 Å². The Kier molecular flexibility index (Phi) is 5.62. The monoisotopic (exact) mass is 330 g/mol. The van der Waals surface area contributed by atoms with E-state index in [1.807, 2.05) is 0 Å². The molecule has 1 amide bonds. The lowest BCUT2D eigenvalue weighted by atomic mass is 9.89. The number of benzene rings is 1. The van der Waals surface area contributed by atoms with Gasteiger partial charge in [-0.1, -0.05) is 24.4 Å². The summed E-state index contributed by atoms with van der Waals surface area (Å²) in [6.07, 6.45) is 8.86. The number of hydrogen-bond acceptors (Lipinski definition) is 3. The highest BCUT2D eigenvalue weighted by Gasteiger charge is 2.15. The van der Waals surface area contributed by atoms with Crippen LogP contribution in [0.4, 0.5) is 4.39 Å². The minimum absolute atomic E-state index is 0.0619. The molecule has 0 saturated heterocycles. The van der Waals surface area contributed by atoms with Gasteiger partial charge in [0, 0.05) is 24.1 Å². The maximum absolute atomic E-state index is 13.0. The Morgan fingerprint density at radius 3 is 2.71 bits per heavy atom. The number of aryl methyl sites for hydroxylation is 1. The molecule has 0 spiro atoms. The first kappa shape index (κ1) is 16.7. The van der Waals surface area contributed by atoms with Crippen molar-refractivity contribution in [3.8, 4) is 11.3 Å². The highest BCUT2D eigenvalue weighted by molar-refractivity contribution is 5.76. The van der Waals surface area contributed by atoms with E-state index >= 15 is 0 Å². The van der Waals surface area contributed by atoms with Crippen LogP contribution in [0.15, 0.2) is 35.1 Å². The molecular weight excluding hydrogens is 307 g/mol. The molecule has 1 aromatic heterocycles. The van der Waals surface area contributed by atoms with Crippen LogP contribution in [0, 0.1) is 11.7 Å². The number of halogens is 1. The molecule has 0 bridgehead atoms. The van der Waals surface area contributed by atoms with Crippen LogP contribution in [0.2, 0.25) is 0 Å². The van der Waals surface area contributed by atoms with Crippen LogP contribution in [0.1, 0.15) is 44.1 Å². The summed E-state index contributed by atoms with van der Waals surface area (Å²) >= 11 is 0. The van der Waals surface area contributed by atoms with Gasteiger partial charge in [-0.3, -0.25) is 4.79 Å². The lowest BCUT2D eigenvalue weighted by Gasteiger charge is -2.21. The van der Waals surface area contributed by atoms with Gasteiger partial charge in [0.25, 0.3) is 0 Å². The van der Waals surface area contributed by atoms with Crippen LogP contribution in [0.25, 0.3) is 11.3 Å². The van der Waals surface area contributed by atoms with Gasteiger partial charge in [0.15, 0.2) is 0 Å². The standard InChI is InChI=1S/C19H23FN2O2/c20-17-9-6-15(7-10-17)19-16(13-24-22-19)8-11-18(23)21-12-14-4-2-1-3-5-14/h6-7,9-10,13-14H,1-5,8,11-12H2,(H,21,23). The predicted octanol–water partition coefficient (Wildman–Crippen LogP) is 4.11. The quantitative estimate of drug-likeness (QED) is 0.867. The Morgan fingerprint density at radius 1 is 1.21 bits per heavy atom. The van der Waals surface area contributed by atoms with Gasteiger partial charge in [-0.2, -0.15) is 0 Å². The zero-order valence-electron chi connectivity index (χ0n) is 13.8. The molecule has 24 heavy (non-hydrogen) atoms. The highest BCUT2D eigenvalue weighted by Crippen LogP contribution is 2.24. The molecule has 3 rings (SSSR count). The van der Waals surface area contributed by atoms with Crippen molar-refractivity contribution >= 4 is 5.91 Å².